The highest BCUT2D eigenvalue weighted by Crippen LogP contribution is 2.17. The molecule has 0 heterocycles. The van der Waals surface area contributed by atoms with E-state index in [4.69, 9.17) is 14.3 Å². The molecule has 0 aliphatic rings. The number of halogens is 1. The van der Waals surface area contributed by atoms with Crippen LogP contribution < -0.4 is 4.74 Å². The second kappa shape index (κ2) is 5.17. The summed E-state index contributed by atoms with van der Waals surface area (Å²) in [6.45, 7) is -6.11. The van der Waals surface area contributed by atoms with Crippen molar-refractivity contribution in [3.05, 3.63) is 28.7 Å². The van der Waals surface area contributed by atoms with Crippen molar-refractivity contribution in [2.24, 2.45) is 0 Å². The van der Waals surface area contributed by atoms with Gasteiger partial charge in [0.1, 0.15) is 12.3 Å². The monoisotopic (exact) mass is 237 g/mol. The molecule has 0 aromatic heterocycles. The number of benzene rings is 1. The predicted molar refractivity (Wildman–Crippen MR) is 51.5 cm³/mol. The van der Waals surface area contributed by atoms with Gasteiger partial charge in [-0.1, -0.05) is 22.0 Å². The van der Waals surface area contributed by atoms with E-state index in [2.05, 4.69) is 20.7 Å². The van der Waals surface area contributed by atoms with E-state index in [9.17, 15) is 0 Å². The molecule has 1 rings (SSSR count). The van der Waals surface area contributed by atoms with E-state index in [-0.39, 0.29) is 5.75 Å². The van der Waals surface area contributed by atoms with E-state index < -0.39 is 20.2 Å². The third-order valence-corrected chi connectivity index (χ3v) is 1.55. The van der Waals surface area contributed by atoms with E-state index >= 15 is 0 Å². The van der Waals surface area contributed by atoms with Gasteiger partial charge in [-0.25, -0.2) is 0 Å². The van der Waals surface area contributed by atoms with Crippen LogP contribution >= 0.6 is 15.9 Å². The SMILES string of the molecule is [2H]C([2H])([2H])OC([2H])([2H])C([2H])([2H])Oc1cccc(Br)c1. The fraction of sp³-hybridized carbons (Fsp3) is 0.333. The largest absolute Gasteiger partial charge is 0.491 e. The number of rotatable bonds is 4. The van der Waals surface area contributed by atoms with Crippen LogP contribution in [-0.4, -0.2) is 20.2 Å². The van der Waals surface area contributed by atoms with Crippen molar-refractivity contribution in [2.45, 2.75) is 0 Å². The molecule has 0 amide bonds. The molecule has 0 aliphatic heterocycles. The maximum Gasteiger partial charge on any atom is 0.120 e. The zero-order valence-corrected chi connectivity index (χ0v) is 7.59. The average Bonchev–Trinajstić information content (AvgIpc) is 2.12. The molecule has 0 saturated carbocycles. The average molecular weight is 238 g/mol. The van der Waals surface area contributed by atoms with Gasteiger partial charge in [0.2, 0.25) is 0 Å². The summed E-state index contributed by atoms with van der Waals surface area (Å²) in [6.07, 6.45) is 0. The first-order valence-electron chi connectivity index (χ1n) is 6.58. The Kier molecular flexibility index (Phi) is 1.58. The van der Waals surface area contributed by atoms with Gasteiger partial charge in [-0.2, -0.15) is 0 Å². The van der Waals surface area contributed by atoms with Gasteiger partial charge in [-0.15, -0.1) is 0 Å². The van der Waals surface area contributed by atoms with Crippen molar-refractivity contribution in [1.82, 2.24) is 0 Å². The number of methoxy groups -OCH3 is 1. The van der Waals surface area contributed by atoms with Gasteiger partial charge in [0, 0.05) is 11.5 Å². The molecule has 1 aromatic rings. The highest BCUT2D eigenvalue weighted by molar-refractivity contribution is 9.10. The van der Waals surface area contributed by atoms with Crippen LogP contribution in [0.4, 0.5) is 0 Å². The molecule has 3 heteroatoms. The van der Waals surface area contributed by atoms with Crippen molar-refractivity contribution >= 4 is 15.9 Å². The summed E-state index contributed by atoms with van der Waals surface area (Å²) < 4.78 is 59.8. The Hall–Kier alpha value is -0.540. The maximum atomic E-state index is 7.50. The Balaban J connectivity index is 2.91. The Morgan fingerprint density at radius 3 is 3.25 bits per heavy atom. The normalized spacial score (nSPS) is 21.9. The number of ether oxygens (including phenoxy) is 2. The van der Waals surface area contributed by atoms with Crippen molar-refractivity contribution < 1.29 is 19.1 Å². The maximum absolute atomic E-state index is 7.50. The summed E-state index contributed by atoms with van der Waals surface area (Å²) >= 11 is 3.15. The van der Waals surface area contributed by atoms with Gasteiger partial charge in [-0.05, 0) is 18.2 Å². The summed E-state index contributed by atoms with van der Waals surface area (Å²) in [5, 5.41) is 0. The van der Waals surface area contributed by atoms with E-state index in [0.717, 1.165) is 0 Å². The van der Waals surface area contributed by atoms with Gasteiger partial charge in [0.15, 0.2) is 0 Å². The van der Waals surface area contributed by atoms with Crippen molar-refractivity contribution in [1.29, 1.82) is 0 Å². The van der Waals surface area contributed by atoms with Crippen LogP contribution in [0, 0.1) is 0 Å². The second-order valence-corrected chi connectivity index (χ2v) is 2.78. The lowest BCUT2D eigenvalue weighted by atomic mass is 10.3. The van der Waals surface area contributed by atoms with Crippen molar-refractivity contribution in [3.63, 3.8) is 0 Å². The summed E-state index contributed by atoms with van der Waals surface area (Å²) in [7, 11) is -3.07. The van der Waals surface area contributed by atoms with Crippen molar-refractivity contribution in [2.75, 3.05) is 20.2 Å². The Labute approximate surface area is 90.5 Å². The fourth-order valence-electron chi connectivity index (χ4n) is 0.631. The molecule has 0 unspecified atom stereocenters. The van der Waals surface area contributed by atoms with Gasteiger partial charge in [-0.3, -0.25) is 0 Å². The first kappa shape index (κ1) is 3.68. The third kappa shape index (κ3) is 3.24. The minimum atomic E-state index is -3.14. The molecule has 0 atom stereocenters. The quantitative estimate of drug-likeness (QED) is 0.802. The zero-order valence-electron chi connectivity index (χ0n) is 13.0. The Morgan fingerprint density at radius 2 is 2.50 bits per heavy atom. The summed E-state index contributed by atoms with van der Waals surface area (Å²) in [4.78, 5) is 0. The van der Waals surface area contributed by atoms with Crippen LogP contribution in [-0.2, 0) is 4.74 Å². The standard InChI is InChI=1S/C9H11BrO2/c1-11-5-6-12-9-4-2-3-8(10)7-9/h2-4,7H,5-6H2,1H3/i1D3,5D2,6D2. The van der Waals surface area contributed by atoms with E-state index in [1.165, 1.54) is 12.1 Å². The molecule has 2 nitrogen and oxygen atoms in total. The van der Waals surface area contributed by atoms with Crippen molar-refractivity contribution in [3.8, 4) is 5.75 Å². The molecular weight excluding hydrogens is 220 g/mol. The second-order valence-electron chi connectivity index (χ2n) is 1.87. The molecule has 0 bridgehead atoms. The van der Waals surface area contributed by atoms with Crippen LogP contribution in [0.25, 0.3) is 0 Å². The van der Waals surface area contributed by atoms with Gasteiger partial charge in [0.25, 0.3) is 0 Å². The molecule has 0 N–H and O–H groups in total. The molecule has 66 valence electrons. The molecule has 0 spiro atoms. The fourth-order valence-corrected chi connectivity index (χ4v) is 1.01. The lowest BCUT2D eigenvalue weighted by Gasteiger charge is -2.04. The first-order chi connectivity index (χ1) is 8.43. The first-order valence-corrected chi connectivity index (χ1v) is 3.87. The van der Waals surface area contributed by atoms with Crippen LogP contribution in [0.15, 0.2) is 28.7 Å². The molecular formula is C9H11BrO2. The lowest BCUT2D eigenvalue weighted by molar-refractivity contribution is 0.146. The molecule has 0 aliphatic carbocycles. The summed E-state index contributed by atoms with van der Waals surface area (Å²) in [5.41, 5.74) is 0. The molecule has 0 saturated heterocycles. The minimum Gasteiger partial charge on any atom is -0.491 e. The lowest BCUT2D eigenvalue weighted by Crippen LogP contribution is -2.03. The van der Waals surface area contributed by atoms with Gasteiger partial charge < -0.3 is 9.47 Å². The van der Waals surface area contributed by atoms with Gasteiger partial charge in [0.05, 0.1) is 16.2 Å². The summed E-state index contributed by atoms with van der Waals surface area (Å²) in [6, 6.07) is 6.07. The van der Waals surface area contributed by atoms with E-state index in [0.29, 0.717) is 4.47 Å². The van der Waals surface area contributed by atoms with Gasteiger partial charge >= 0.3 is 0 Å². The smallest absolute Gasteiger partial charge is 0.120 e. The number of hydrogen-bond donors (Lipinski definition) is 0. The third-order valence-electron chi connectivity index (χ3n) is 1.06. The highest BCUT2D eigenvalue weighted by Gasteiger charge is 1.92. The van der Waals surface area contributed by atoms with Crippen LogP contribution in [0.3, 0.4) is 0 Å². The molecule has 0 fully saturated rings. The Morgan fingerprint density at radius 1 is 1.58 bits per heavy atom. The Bertz CT molecular complexity index is 446. The number of hydrogen-bond acceptors (Lipinski definition) is 2. The zero-order chi connectivity index (χ0) is 14.9. The highest BCUT2D eigenvalue weighted by atomic mass is 79.9. The molecule has 1 aromatic carbocycles. The predicted octanol–water partition coefficient (Wildman–Crippen LogP) is 2.47. The van der Waals surface area contributed by atoms with Crippen LogP contribution in [0.1, 0.15) is 9.60 Å². The minimum absolute atomic E-state index is 0.0393. The topological polar surface area (TPSA) is 18.5 Å². The molecule has 0 radical (unpaired) electrons. The van der Waals surface area contributed by atoms with Crippen LogP contribution in [0.2, 0.25) is 0 Å². The van der Waals surface area contributed by atoms with Crippen LogP contribution in [0.5, 0.6) is 5.75 Å². The summed E-state index contributed by atoms with van der Waals surface area (Å²) in [5.74, 6) is 0.0393. The van der Waals surface area contributed by atoms with E-state index in [1.807, 2.05) is 0 Å². The van der Waals surface area contributed by atoms with E-state index in [1.54, 1.807) is 12.1 Å². The molecule has 12 heavy (non-hydrogen) atoms.